The maximum absolute atomic E-state index is 12.7. The Balaban J connectivity index is 4.52. The molecule has 0 aliphatic carbocycles. The molecule has 0 bridgehead atoms. The third kappa shape index (κ3) is 11.9. The Morgan fingerprint density at radius 2 is 1.59 bits per heavy atom. The van der Waals surface area contributed by atoms with Crippen LogP contribution in [0.25, 0.3) is 0 Å². The van der Waals surface area contributed by atoms with Crippen molar-refractivity contribution in [3.05, 3.63) is 23.3 Å². The number of rotatable bonds is 15. The lowest BCUT2D eigenvalue weighted by atomic mass is 10.1. The topological polar surface area (TPSA) is 89.9 Å². The zero-order valence-electron chi connectivity index (χ0n) is 17.4. The molecular weight excluding hydrogens is 387 g/mol. The molecule has 0 fully saturated rings. The summed E-state index contributed by atoms with van der Waals surface area (Å²) in [5.74, 6) is 0. The lowest BCUT2D eigenvalue weighted by Gasteiger charge is -2.24. The van der Waals surface area contributed by atoms with Crippen LogP contribution in [-0.4, -0.2) is 31.2 Å². The molecule has 0 saturated carbocycles. The molecule has 0 aromatic carbocycles. The molecule has 0 amide bonds. The van der Waals surface area contributed by atoms with Gasteiger partial charge in [0, 0.05) is 0 Å². The lowest BCUT2D eigenvalue weighted by molar-refractivity contribution is 0.215. The van der Waals surface area contributed by atoms with Crippen molar-refractivity contribution in [1.82, 2.24) is 0 Å². The van der Waals surface area contributed by atoms with Gasteiger partial charge in [-0.25, -0.2) is 0 Å². The van der Waals surface area contributed by atoms with E-state index in [2.05, 4.69) is 32.9 Å². The van der Waals surface area contributed by atoms with Gasteiger partial charge in [0.2, 0.25) is 0 Å². The van der Waals surface area contributed by atoms with Crippen LogP contribution >= 0.6 is 7.60 Å². The Morgan fingerprint density at radius 3 is 2.07 bits per heavy atom. The Morgan fingerprint density at radius 1 is 1.00 bits per heavy atom. The van der Waals surface area contributed by atoms with Gasteiger partial charge in [-0.2, -0.15) is 8.42 Å². The van der Waals surface area contributed by atoms with E-state index in [1.807, 2.05) is 0 Å². The molecule has 27 heavy (non-hydrogen) atoms. The average molecular weight is 425 g/mol. The summed E-state index contributed by atoms with van der Waals surface area (Å²) >= 11 is 0. The van der Waals surface area contributed by atoms with Gasteiger partial charge < -0.3 is 9.05 Å². The van der Waals surface area contributed by atoms with Gasteiger partial charge in [-0.1, -0.05) is 36.1 Å². The number of allylic oxidation sites excluding steroid dienone is 4. The van der Waals surface area contributed by atoms with Crippen molar-refractivity contribution < 1.29 is 26.6 Å². The van der Waals surface area contributed by atoms with Crippen LogP contribution < -0.4 is 0 Å². The summed E-state index contributed by atoms with van der Waals surface area (Å²) in [4.78, 5) is -1.52. The molecule has 0 heterocycles. The first kappa shape index (κ1) is 26.5. The van der Waals surface area contributed by atoms with Gasteiger partial charge in [-0.3, -0.25) is 9.12 Å². The van der Waals surface area contributed by atoms with Crippen molar-refractivity contribution >= 4 is 17.7 Å². The zero-order valence-corrected chi connectivity index (χ0v) is 19.2. The summed E-state index contributed by atoms with van der Waals surface area (Å²) in [6, 6.07) is 0. The van der Waals surface area contributed by atoms with Crippen LogP contribution in [0.1, 0.15) is 79.6 Å². The number of unbranched alkanes of at least 4 members (excludes halogenated alkanes) is 3. The molecule has 6 nitrogen and oxygen atoms in total. The third-order valence-electron chi connectivity index (χ3n) is 4.05. The van der Waals surface area contributed by atoms with E-state index < -0.39 is 22.7 Å². The fourth-order valence-electron chi connectivity index (χ4n) is 2.71. The highest BCUT2D eigenvalue weighted by Crippen LogP contribution is 2.56. The van der Waals surface area contributed by atoms with E-state index in [1.54, 1.807) is 13.8 Å². The van der Waals surface area contributed by atoms with E-state index >= 15 is 0 Å². The van der Waals surface area contributed by atoms with Crippen molar-refractivity contribution in [2.45, 2.75) is 84.6 Å². The fraction of sp³-hybridized carbons (Fsp3) is 0.789. The molecule has 0 aliphatic rings. The standard InChI is InChI=1S/C19H37O6PS/c1-6-24-26(20,25-7-2)19(27(21,22)23)16-11-9-8-10-14-18(5)15-12-13-17(3)4/h13-14,19H,6-12,15-16H2,1-5H3,(H,21,22,23). The van der Waals surface area contributed by atoms with Crippen molar-refractivity contribution in [2.75, 3.05) is 13.2 Å². The molecule has 1 N–H and O–H groups in total. The minimum absolute atomic E-state index is 0.0549. The maximum Gasteiger partial charge on any atom is 0.351 e. The summed E-state index contributed by atoms with van der Waals surface area (Å²) in [5.41, 5.74) is 2.67. The first-order valence-corrected chi connectivity index (χ1v) is 12.8. The van der Waals surface area contributed by atoms with E-state index in [4.69, 9.17) is 9.05 Å². The van der Waals surface area contributed by atoms with Crippen LogP contribution in [0.5, 0.6) is 0 Å². The second-order valence-corrected chi connectivity index (χ2v) is 11.0. The smallest absolute Gasteiger partial charge is 0.308 e. The molecule has 160 valence electrons. The highest BCUT2D eigenvalue weighted by Gasteiger charge is 2.43. The summed E-state index contributed by atoms with van der Waals surface area (Å²) in [6.07, 6.45) is 9.72. The maximum atomic E-state index is 12.7. The van der Waals surface area contributed by atoms with Gasteiger partial charge in [-0.05, 0) is 66.7 Å². The average Bonchev–Trinajstić information content (AvgIpc) is 2.52. The van der Waals surface area contributed by atoms with E-state index in [0.29, 0.717) is 6.42 Å². The molecule has 0 aromatic rings. The fourth-order valence-corrected chi connectivity index (χ4v) is 6.47. The lowest BCUT2D eigenvalue weighted by Crippen LogP contribution is -2.23. The number of hydrogen-bond acceptors (Lipinski definition) is 5. The third-order valence-corrected chi connectivity index (χ3v) is 8.75. The van der Waals surface area contributed by atoms with Gasteiger partial charge in [0.05, 0.1) is 13.2 Å². The Kier molecular flexibility index (Phi) is 13.4. The van der Waals surface area contributed by atoms with Crippen molar-refractivity contribution in [3.63, 3.8) is 0 Å². The number of hydrogen-bond donors (Lipinski definition) is 1. The Hall–Kier alpha value is -0.460. The summed E-state index contributed by atoms with van der Waals surface area (Å²) in [6.45, 7) is 9.63. The molecule has 0 radical (unpaired) electrons. The Labute approximate surface area is 165 Å². The van der Waals surface area contributed by atoms with Gasteiger partial charge in [0.1, 0.15) is 0 Å². The Bertz CT molecular complexity index is 610. The minimum Gasteiger partial charge on any atom is -0.308 e. The van der Waals surface area contributed by atoms with Crippen molar-refractivity contribution in [1.29, 1.82) is 0 Å². The summed E-state index contributed by atoms with van der Waals surface area (Å²) in [5, 5.41) is 0. The zero-order chi connectivity index (χ0) is 20.9. The molecular formula is C19H37O6PS. The molecule has 0 rings (SSSR count). The molecule has 1 unspecified atom stereocenters. The molecule has 0 saturated heterocycles. The van der Waals surface area contributed by atoms with E-state index in [0.717, 1.165) is 32.1 Å². The van der Waals surface area contributed by atoms with Gasteiger partial charge in [0.15, 0.2) is 4.99 Å². The predicted octanol–water partition coefficient (Wildman–Crippen LogP) is 6.11. The van der Waals surface area contributed by atoms with Gasteiger partial charge >= 0.3 is 7.60 Å². The second kappa shape index (κ2) is 13.7. The van der Waals surface area contributed by atoms with E-state index in [9.17, 15) is 17.5 Å². The molecule has 0 aromatic heterocycles. The van der Waals surface area contributed by atoms with Gasteiger partial charge in [-0.15, -0.1) is 0 Å². The highest BCUT2D eigenvalue weighted by molar-refractivity contribution is 7.94. The summed E-state index contributed by atoms with van der Waals surface area (Å²) in [7, 11) is -8.42. The molecule has 1 atom stereocenters. The summed E-state index contributed by atoms with van der Waals surface area (Å²) < 4.78 is 55.8. The monoisotopic (exact) mass is 424 g/mol. The van der Waals surface area contributed by atoms with Crippen LogP contribution in [0.15, 0.2) is 23.3 Å². The quantitative estimate of drug-likeness (QED) is 0.148. The normalized spacial score (nSPS) is 14.2. The van der Waals surface area contributed by atoms with Crippen molar-refractivity contribution in [2.24, 2.45) is 0 Å². The molecule has 8 heteroatoms. The molecule has 0 spiro atoms. The van der Waals surface area contributed by atoms with Crippen LogP contribution in [0, 0.1) is 0 Å². The van der Waals surface area contributed by atoms with E-state index in [1.165, 1.54) is 11.1 Å². The SMILES string of the molecule is CCOP(=O)(OCC)C(CCCCCC=C(C)CCC=C(C)C)S(=O)(=O)O. The molecule has 0 aliphatic heterocycles. The first-order chi connectivity index (χ1) is 12.6. The van der Waals surface area contributed by atoms with Crippen LogP contribution in [0.3, 0.4) is 0 Å². The minimum atomic E-state index is -4.52. The van der Waals surface area contributed by atoms with Crippen LogP contribution in [0.2, 0.25) is 0 Å². The second-order valence-electron chi connectivity index (χ2n) is 6.85. The highest BCUT2D eigenvalue weighted by atomic mass is 32.2. The van der Waals surface area contributed by atoms with Gasteiger partial charge in [0.25, 0.3) is 10.1 Å². The first-order valence-electron chi connectivity index (χ1n) is 9.70. The van der Waals surface area contributed by atoms with E-state index in [-0.39, 0.29) is 19.6 Å². The van der Waals surface area contributed by atoms with Crippen molar-refractivity contribution in [3.8, 4) is 0 Å². The van der Waals surface area contributed by atoms with Crippen LogP contribution in [-0.2, 0) is 23.7 Å². The largest absolute Gasteiger partial charge is 0.351 e. The van der Waals surface area contributed by atoms with Crippen LogP contribution in [0.4, 0.5) is 0 Å². The predicted molar refractivity (Wildman–Crippen MR) is 112 cm³/mol.